The van der Waals surface area contributed by atoms with Gasteiger partial charge in [-0.25, -0.2) is 0 Å². The maximum atomic E-state index is 7.05. The normalized spacial score (nSPS) is 16.4. The Morgan fingerprint density at radius 3 is 1.70 bits per heavy atom. The number of unbranched alkanes of at least 4 members (excludes halogenated alkanes) is 2. The maximum Gasteiger partial charge on any atom is 0.234 e. The molecule has 2 nitrogen and oxygen atoms in total. The van der Waals surface area contributed by atoms with Crippen molar-refractivity contribution in [2.75, 3.05) is 6.61 Å². The van der Waals surface area contributed by atoms with Crippen LogP contribution >= 0.6 is 8.38 Å². The summed E-state index contributed by atoms with van der Waals surface area (Å²) in [4.78, 5) is 0. The number of benzene rings is 2. The van der Waals surface area contributed by atoms with Crippen molar-refractivity contribution in [3.63, 3.8) is 0 Å². The lowest BCUT2D eigenvalue weighted by atomic mass is 9.74. The Bertz CT molecular complexity index is 1080. The molecule has 0 fully saturated rings. The second-order valence-electron chi connectivity index (χ2n) is 16.6. The van der Waals surface area contributed by atoms with Gasteiger partial charge in [-0.2, -0.15) is 0 Å². The first-order valence-electron chi connectivity index (χ1n) is 15.7. The summed E-state index contributed by atoms with van der Waals surface area (Å²) in [6, 6.07) is 9.77. The van der Waals surface area contributed by atoms with E-state index in [2.05, 4.69) is 121 Å². The molecule has 0 saturated carbocycles. The molecular weight excluding hydrogens is 507 g/mol. The lowest BCUT2D eigenvalue weighted by Crippen LogP contribution is -2.19. The van der Waals surface area contributed by atoms with E-state index in [0.717, 1.165) is 30.9 Å². The van der Waals surface area contributed by atoms with Gasteiger partial charge in [-0.05, 0) is 67.9 Å². The predicted molar refractivity (Wildman–Crippen MR) is 177 cm³/mol. The fourth-order valence-corrected chi connectivity index (χ4v) is 6.98. The van der Waals surface area contributed by atoms with Crippen LogP contribution in [-0.4, -0.2) is 6.61 Å². The van der Waals surface area contributed by atoms with Crippen molar-refractivity contribution in [2.45, 2.75) is 150 Å². The number of rotatable bonds is 7. The van der Waals surface area contributed by atoms with Crippen LogP contribution in [0, 0.1) is 5.92 Å². The molecule has 1 aliphatic rings. The van der Waals surface area contributed by atoms with Gasteiger partial charge in [-0.1, -0.05) is 134 Å². The lowest BCUT2D eigenvalue weighted by Gasteiger charge is -2.31. The Hall–Kier alpha value is -1.37. The van der Waals surface area contributed by atoms with Gasteiger partial charge in [-0.15, -0.1) is 0 Å². The molecule has 40 heavy (non-hydrogen) atoms. The van der Waals surface area contributed by atoms with Crippen LogP contribution in [0.5, 0.6) is 5.75 Å². The van der Waals surface area contributed by atoms with Crippen molar-refractivity contribution >= 4 is 8.38 Å². The van der Waals surface area contributed by atoms with Crippen LogP contribution in [0.15, 0.2) is 24.3 Å². The SMILES string of the molecule is CC(C)CCCCCOP1Cc2c(cc(C(C)(C)C)cc2C(C)(C)C)-c2cc(C(C)(C)C)cc(C(C)(C)C)c2O1. The smallest absolute Gasteiger partial charge is 0.234 e. The van der Waals surface area contributed by atoms with Crippen LogP contribution in [0.2, 0.25) is 0 Å². The highest BCUT2D eigenvalue weighted by Crippen LogP contribution is 2.56. The first-order valence-corrected chi connectivity index (χ1v) is 17.0. The van der Waals surface area contributed by atoms with Crippen LogP contribution in [0.1, 0.15) is 150 Å². The molecule has 1 atom stereocenters. The Morgan fingerprint density at radius 1 is 0.675 bits per heavy atom. The first-order chi connectivity index (χ1) is 18.2. The summed E-state index contributed by atoms with van der Waals surface area (Å²) < 4.78 is 13.7. The van der Waals surface area contributed by atoms with Gasteiger partial charge in [0.25, 0.3) is 0 Å². The van der Waals surface area contributed by atoms with Gasteiger partial charge in [0, 0.05) is 11.1 Å². The van der Waals surface area contributed by atoms with E-state index >= 15 is 0 Å². The van der Waals surface area contributed by atoms with Crippen molar-refractivity contribution in [1.29, 1.82) is 0 Å². The van der Waals surface area contributed by atoms with E-state index in [-0.39, 0.29) is 21.7 Å². The maximum absolute atomic E-state index is 7.05. The highest BCUT2D eigenvalue weighted by Gasteiger charge is 2.35. The van der Waals surface area contributed by atoms with Crippen molar-refractivity contribution in [2.24, 2.45) is 5.92 Å². The van der Waals surface area contributed by atoms with E-state index in [1.165, 1.54) is 58.2 Å². The number of hydrogen-bond acceptors (Lipinski definition) is 2. The third kappa shape index (κ3) is 8.13. The molecule has 0 radical (unpaired) electrons. The molecule has 2 aromatic rings. The van der Waals surface area contributed by atoms with E-state index < -0.39 is 8.38 Å². The molecule has 0 saturated heterocycles. The Kier molecular flexibility index (Phi) is 10.0. The van der Waals surface area contributed by atoms with Crippen molar-refractivity contribution in [1.82, 2.24) is 0 Å². The van der Waals surface area contributed by atoms with E-state index in [9.17, 15) is 0 Å². The minimum atomic E-state index is -1.11. The molecule has 0 aliphatic carbocycles. The predicted octanol–water partition coefficient (Wildman–Crippen LogP) is 12.0. The molecule has 3 heteroatoms. The molecule has 2 aromatic carbocycles. The summed E-state index contributed by atoms with van der Waals surface area (Å²) in [5.41, 5.74) is 9.51. The van der Waals surface area contributed by atoms with E-state index in [1.807, 2.05) is 0 Å². The Balaban J connectivity index is 2.24. The third-order valence-corrected chi connectivity index (χ3v) is 9.55. The van der Waals surface area contributed by atoms with Crippen LogP contribution in [0.3, 0.4) is 0 Å². The fraction of sp³-hybridized carbons (Fsp3) is 0.676. The average molecular weight is 567 g/mol. The molecular formula is C37H59O2P. The minimum Gasteiger partial charge on any atom is -0.446 e. The first kappa shape index (κ1) is 33.1. The molecule has 0 spiro atoms. The molecule has 1 unspecified atom stereocenters. The lowest BCUT2D eigenvalue weighted by molar-refractivity contribution is 0.299. The van der Waals surface area contributed by atoms with Gasteiger partial charge >= 0.3 is 0 Å². The van der Waals surface area contributed by atoms with Crippen molar-refractivity contribution < 1.29 is 9.05 Å². The zero-order valence-corrected chi connectivity index (χ0v) is 29.3. The zero-order valence-electron chi connectivity index (χ0n) is 28.4. The van der Waals surface area contributed by atoms with Crippen molar-refractivity contribution in [3.05, 3.63) is 52.1 Å². The summed E-state index contributed by atoms with van der Waals surface area (Å²) in [5.74, 6) is 1.81. The molecule has 224 valence electrons. The molecule has 0 N–H and O–H groups in total. The molecule has 1 aliphatic heterocycles. The van der Waals surface area contributed by atoms with Gasteiger partial charge in [0.05, 0.1) is 12.8 Å². The molecule has 0 aromatic heterocycles. The average Bonchev–Trinajstić information content (AvgIpc) is 2.93. The second kappa shape index (κ2) is 12.1. The van der Waals surface area contributed by atoms with Crippen LogP contribution in [0.25, 0.3) is 11.1 Å². The fourth-order valence-electron chi connectivity index (χ4n) is 5.44. The Morgan fingerprint density at radius 2 is 1.20 bits per heavy atom. The van der Waals surface area contributed by atoms with Gasteiger partial charge in [0.15, 0.2) is 0 Å². The molecule has 3 rings (SSSR count). The summed E-state index contributed by atoms with van der Waals surface area (Å²) in [7, 11) is -1.11. The van der Waals surface area contributed by atoms with E-state index in [4.69, 9.17) is 9.05 Å². The van der Waals surface area contributed by atoms with Gasteiger partial charge < -0.3 is 9.05 Å². The standard InChI is InChI=1S/C37H59O2P/c1-25(2)18-16-15-17-19-38-40-24-30-28(20-26(34(3,4)5)22-31(30)36(9,10)11)29-21-27(35(6,7)8)23-32(33(29)39-40)37(12,13)14/h20-23,25H,15-19,24H2,1-14H3. The summed E-state index contributed by atoms with van der Waals surface area (Å²) >= 11 is 0. The second-order valence-corrected chi connectivity index (χ2v) is 18.0. The van der Waals surface area contributed by atoms with Crippen LogP contribution in [-0.2, 0) is 32.3 Å². The number of fused-ring (bicyclic) bond motifs is 3. The van der Waals surface area contributed by atoms with Crippen LogP contribution in [0.4, 0.5) is 0 Å². The highest BCUT2D eigenvalue weighted by molar-refractivity contribution is 7.46. The topological polar surface area (TPSA) is 18.5 Å². The minimum absolute atomic E-state index is 0.0161. The van der Waals surface area contributed by atoms with Crippen LogP contribution < -0.4 is 4.52 Å². The molecule has 0 amide bonds. The summed E-state index contributed by atoms with van der Waals surface area (Å²) in [6.45, 7) is 33.3. The molecule has 0 bridgehead atoms. The molecule has 1 heterocycles. The quantitative estimate of drug-likeness (QED) is 0.245. The monoisotopic (exact) mass is 566 g/mol. The third-order valence-electron chi connectivity index (χ3n) is 8.12. The van der Waals surface area contributed by atoms with Gasteiger partial charge in [-0.3, -0.25) is 0 Å². The number of hydrogen-bond donors (Lipinski definition) is 0. The highest BCUT2D eigenvalue weighted by atomic mass is 31.2. The largest absolute Gasteiger partial charge is 0.446 e. The zero-order chi connectivity index (χ0) is 30.3. The van der Waals surface area contributed by atoms with E-state index in [1.54, 1.807) is 0 Å². The van der Waals surface area contributed by atoms with E-state index in [0.29, 0.717) is 0 Å². The summed E-state index contributed by atoms with van der Waals surface area (Å²) in [5, 5.41) is 0. The van der Waals surface area contributed by atoms with Crippen molar-refractivity contribution in [3.8, 4) is 16.9 Å². The summed E-state index contributed by atoms with van der Waals surface area (Å²) in [6.07, 6.45) is 5.72. The Labute approximate surface area is 249 Å². The van der Waals surface area contributed by atoms with Gasteiger partial charge in [0.1, 0.15) is 5.75 Å². The van der Waals surface area contributed by atoms with Gasteiger partial charge in [0.2, 0.25) is 8.38 Å².